The smallest absolute Gasteiger partial charge is 0.215 e. The molecule has 4 aromatic rings. The first-order chi connectivity index (χ1) is 18.1. The highest BCUT2D eigenvalue weighted by molar-refractivity contribution is 6.30. The summed E-state index contributed by atoms with van der Waals surface area (Å²) in [6.45, 7) is 8.09. The lowest BCUT2D eigenvalue weighted by Gasteiger charge is -2.40. The Morgan fingerprint density at radius 3 is 1.18 bits per heavy atom. The zero-order chi connectivity index (χ0) is 27.3. The van der Waals surface area contributed by atoms with E-state index in [2.05, 4.69) is 0 Å². The molecule has 4 rings (SSSR count). The third kappa shape index (κ3) is 6.23. The summed E-state index contributed by atoms with van der Waals surface area (Å²) in [6, 6.07) is 34.0. The second-order valence-corrected chi connectivity index (χ2v) is 11.4. The molecule has 5 heteroatoms. The van der Waals surface area contributed by atoms with Gasteiger partial charge in [-0.05, 0) is 59.7 Å². The van der Waals surface area contributed by atoms with Crippen molar-refractivity contribution in [3.63, 3.8) is 0 Å². The van der Waals surface area contributed by atoms with Gasteiger partial charge in [-0.3, -0.25) is 4.79 Å². The molecule has 0 saturated carbocycles. The molecule has 0 aliphatic heterocycles. The second-order valence-electron chi connectivity index (χ2n) is 10.5. The van der Waals surface area contributed by atoms with E-state index in [-0.39, 0.29) is 5.78 Å². The molecule has 0 bridgehead atoms. The Labute approximate surface area is 235 Å². The van der Waals surface area contributed by atoms with E-state index in [9.17, 15) is 4.79 Å². The predicted octanol–water partition coefficient (Wildman–Crippen LogP) is 8.71. The zero-order valence-corrected chi connectivity index (χ0v) is 23.5. The number of hydrogen-bond acceptors (Lipinski definition) is 3. The SMILES string of the molecule is CC(C)(c1ccccc1)C(Oc1ccc(Cl)cc1)C(=O)C(Oc1ccc(Cl)cc1)C(C)(C)c1ccccc1. The summed E-state index contributed by atoms with van der Waals surface area (Å²) in [5.41, 5.74) is 0.587. The van der Waals surface area contributed by atoms with Gasteiger partial charge in [-0.1, -0.05) is 112 Å². The molecule has 0 heterocycles. The molecular weight excluding hydrogens is 515 g/mol. The van der Waals surface area contributed by atoms with Crippen LogP contribution < -0.4 is 9.47 Å². The van der Waals surface area contributed by atoms with Gasteiger partial charge in [0.05, 0.1) is 0 Å². The van der Waals surface area contributed by atoms with Crippen LogP contribution in [0.3, 0.4) is 0 Å². The minimum atomic E-state index is -0.869. The number of ether oxygens (including phenoxy) is 2. The van der Waals surface area contributed by atoms with Crippen LogP contribution in [0.1, 0.15) is 38.8 Å². The van der Waals surface area contributed by atoms with Gasteiger partial charge >= 0.3 is 0 Å². The normalized spacial score (nSPS) is 13.4. The molecule has 0 spiro atoms. The van der Waals surface area contributed by atoms with E-state index in [1.807, 2.05) is 88.4 Å². The first kappa shape index (κ1) is 27.8. The molecule has 0 saturated heterocycles. The minimum absolute atomic E-state index is 0.169. The lowest BCUT2D eigenvalue weighted by molar-refractivity contribution is -0.138. The molecule has 0 aliphatic carbocycles. The van der Waals surface area contributed by atoms with Crippen LogP contribution in [-0.4, -0.2) is 18.0 Å². The number of carbonyl (C=O) groups excluding carboxylic acids is 1. The zero-order valence-electron chi connectivity index (χ0n) is 22.0. The van der Waals surface area contributed by atoms with Crippen molar-refractivity contribution in [3.8, 4) is 11.5 Å². The molecular formula is C33H32Cl2O3. The fourth-order valence-electron chi connectivity index (χ4n) is 4.60. The highest BCUT2D eigenvalue weighted by Gasteiger charge is 2.48. The van der Waals surface area contributed by atoms with E-state index in [1.165, 1.54) is 0 Å². The van der Waals surface area contributed by atoms with Gasteiger partial charge in [0.1, 0.15) is 11.5 Å². The van der Waals surface area contributed by atoms with Crippen LogP contribution in [0.2, 0.25) is 10.0 Å². The molecule has 4 aromatic carbocycles. The third-order valence-electron chi connectivity index (χ3n) is 7.00. The van der Waals surface area contributed by atoms with Crippen LogP contribution in [0, 0.1) is 0 Å². The highest BCUT2D eigenvalue weighted by Crippen LogP contribution is 2.37. The van der Waals surface area contributed by atoms with Crippen molar-refractivity contribution >= 4 is 29.0 Å². The highest BCUT2D eigenvalue weighted by atomic mass is 35.5. The third-order valence-corrected chi connectivity index (χ3v) is 7.50. The van der Waals surface area contributed by atoms with Crippen LogP contribution in [0.15, 0.2) is 109 Å². The van der Waals surface area contributed by atoms with Gasteiger partial charge in [0.25, 0.3) is 0 Å². The summed E-state index contributed by atoms with van der Waals surface area (Å²) in [5.74, 6) is 0.941. The van der Waals surface area contributed by atoms with Crippen molar-refractivity contribution in [2.24, 2.45) is 0 Å². The van der Waals surface area contributed by atoms with Gasteiger partial charge in [-0.25, -0.2) is 0 Å². The van der Waals surface area contributed by atoms with Crippen LogP contribution in [0.5, 0.6) is 11.5 Å². The Morgan fingerprint density at radius 2 is 0.868 bits per heavy atom. The quantitative estimate of drug-likeness (QED) is 0.199. The maximum Gasteiger partial charge on any atom is 0.215 e. The maximum atomic E-state index is 14.7. The van der Waals surface area contributed by atoms with Gasteiger partial charge in [0, 0.05) is 20.9 Å². The van der Waals surface area contributed by atoms with Gasteiger partial charge in [-0.2, -0.15) is 0 Å². The summed E-state index contributed by atoms with van der Waals surface area (Å²) in [4.78, 5) is 14.7. The molecule has 0 aliphatic rings. The molecule has 0 aromatic heterocycles. The molecule has 0 radical (unpaired) electrons. The summed E-state index contributed by atoms with van der Waals surface area (Å²) >= 11 is 12.2. The predicted molar refractivity (Wildman–Crippen MR) is 156 cm³/mol. The average Bonchev–Trinajstić information content (AvgIpc) is 2.93. The summed E-state index contributed by atoms with van der Waals surface area (Å²) in [7, 11) is 0. The van der Waals surface area contributed by atoms with Gasteiger partial charge in [-0.15, -0.1) is 0 Å². The first-order valence-corrected chi connectivity index (χ1v) is 13.3. The summed E-state index contributed by atoms with van der Waals surface area (Å²) in [5, 5.41) is 1.19. The van der Waals surface area contributed by atoms with E-state index in [4.69, 9.17) is 32.7 Å². The van der Waals surface area contributed by atoms with E-state index < -0.39 is 23.0 Å². The van der Waals surface area contributed by atoms with Crippen molar-refractivity contribution in [2.45, 2.75) is 50.7 Å². The molecule has 3 nitrogen and oxygen atoms in total. The monoisotopic (exact) mass is 546 g/mol. The number of Topliss-reactive ketones (excluding diaryl/α,β-unsaturated/α-hetero) is 1. The van der Waals surface area contributed by atoms with Crippen molar-refractivity contribution in [1.29, 1.82) is 0 Å². The number of halogens is 2. The summed E-state index contributed by atoms with van der Waals surface area (Å²) in [6.07, 6.45) is -1.74. The van der Waals surface area contributed by atoms with Gasteiger partial charge < -0.3 is 9.47 Å². The molecule has 0 N–H and O–H groups in total. The Kier molecular flexibility index (Phi) is 8.50. The number of ketones is 1. The Morgan fingerprint density at radius 1 is 0.553 bits per heavy atom. The largest absolute Gasteiger partial charge is 0.482 e. The first-order valence-electron chi connectivity index (χ1n) is 12.6. The minimum Gasteiger partial charge on any atom is -0.482 e. The Balaban J connectivity index is 1.82. The molecule has 2 atom stereocenters. The van der Waals surface area contributed by atoms with E-state index in [0.717, 1.165) is 11.1 Å². The van der Waals surface area contributed by atoms with Crippen molar-refractivity contribution in [2.75, 3.05) is 0 Å². The number of hydrogen-bond donors (Lipinski definition) is 0. The Hall–Kier alpha value is -3.27. The van der Waals surface area contributed by atoms with Crippen LogP contribution in [0.4, 0.5) is 0 Å². The second kappa shape index (κ2) is 11.6. The van der Waals surface area contributed by atoms with Crippen molar-refractivity contribution in [1.82, 2.24) is 0 Å². The maximum absolute atomic E-state index is 14.7. The lowest BCUT2D eigenvalue weighted by atomic mass is 9.71. The summed E-state index contributed by atoms with van der Waals surface area (Å²) < 4.78 is 13.0. The molecule has 196 valence electrons. The fourth-order valence-corrected chi connectivity index (χ4v) is 4.85. The van der Waals surface area contributed by atoms with E-state index in [0.29, 0.717) is 21.5 Å². The molecule has 38 heavy (non-hydrogen) atoms. The molecule has 2 unspecified atom stereocenters. The van der Waals surface area contributed by atoms with Crippen molar-refractivity contribution in [3.05, 3.63) is 130 Å². The molecule has 0 fully saturated rings. The van der Waals surface area contributed by atoms with Gasteiger partial charge in [0.2, 0.25) is 5.78 Å². The van der Waals surface area contributed by atoms with E-state index in [1.54, 1.807) is 48.5 Å². The van der Waals surface area contributed by atoms with Crippen molar-refractivity contribution < 1.29 is 14.3 Å². The lowest BCUT2D eigenvalue weighted by Crippen LogP contribution is -2.55. The molecule has 0 amide bonds. The van der Waals surface area contributed by atoms with Crippen LogP contribution >= 0.6 is 23.2 Å². The van der Waals surface area contributed by atoms with E-state index >= 15 is 0 Å². The average molecular weight is 548 g/mol. The van der Waals surface area contributed by atoms with Gasteiger partial charge in [0.15, 0.2) is 12.2 Å². The van der Waals surface area contributed by atoms with Crippen LogP contribution in [0.25, 0.3) is 0 Å². The number of benzene rings is 4. The number of rotatable bonds is 10. The standard InChI is InChI=1S/C33H32Cl2O3/c1-32(2,23-11-7-5-8-12-23)30(37-27-19-15-25(34)16-20-27)29(36)31(38-28-21-17-26(35)18-22-28)33(3,4)24-13-9-6-10-14-24/h5-22,30-31H,1-4H3. The van der Waals surface area contributed by atoms with Crippen LogP contribution in [-0.2, 0) is 15.6 Å². The number of carbonyl (C=O) groups is 1. The topological polar surface area (TPSA) is 35.5 Å². The Bertz CT molecular complexity index is 1230. The fraction of sp³-hybridized carbons (Fsp3) is 0.242.